The van der Waals surface area contributed by atoms with Gasteiger partial charge >= 0.3 is 0 Å². The lowest BCUT2D eigenvalue weighted by Crippen LogP contribution is -2.17. The van der Waals surface area contributed by atoms with Crippen LogP contribution in [0.5, 0.6) is 0 Å². The Bertz CT molecular complexity index is 312. The van der Waals surface area contributed by atoms with Crippen LogP contribution in [0, 0.1) is 0 Å². The summed E-state index contributed by atoms with van der Waals surface area (Å²) in [6.07, 6.45) is 9.09. The smallest absolute Gasteiger partial charge is 0.0952 e. The van der Waals surface area contributed by atoms with Crippen LogP contribution >= 0.6 is 0 Å². The molecule has 1 atom stereocenters. The molecule has 0 radical (unpaired) electrons. The highest BCUT2D eigenvalue weighted by molar-refractivity contribution is 5.11. The average Bonchev–Trinajstić information content (AvgIpc) is 2.67. The van der Waals surface area contributed by atoms with E-state index in [2.05, 4.69) is 50.4 Å². The summed E-state index contributed by atoms with van der Waals surface area (Å²) in [5.74, 6) is 0. The number of nitrogens with zero attached hydrogens (tertiary/aromatic N) is 2. The van der Waals surface area contributed by atoms with Gasteiger partial charge in [-0.25, -0.2) is 4.98 Å². The van der Waals surface area contributed by atoms with Crippen LogP contribution < -0.4 is 0 Å². The summed E-state index contributed by atoms with van der Waals surface area (Å²) < 4.78 is 2.26. The fraction of sp³-hybridized carbons (Fsp3) is 0.786. The van der Waals surface area contributed by atoms with Gasteiger partial charge in [-0.1, -0.05) is 40.5 Å². The third kappa shape index (κ3) is 3.10. The predicted octanol–water partition coefficient (Wildman–Crippen LogP) is 4.32. The van der Waals surface area contributed by atoms with Gasteiger partial charge in [0.2, 0.25) is 0 Å². The van der Waals surface area contributed by atoms with Gasteiger partial charge in [-0.3, -0.25) is 0 Å². The largest absolute Gasteiger partial charge is 0.334 e. The molecule has 0 fully saturated rings. The van der Waals surface area contributed by atoms with Gasteiger partial charge in [0.05, 0.1) is 12.0 Å². The number of hydrogen-bond acceptors (Lipinski definition) is 1. The fourth-order valence-corrected chi connectivity index (χ4v) is 2.25. The molecular weight excluding hydrogens is 196 g/mol. The van der Waals surface area contributed by atoms with Crippen molar-refractivity contribution in [2.24, 2.45) is 0 Å². The fourth-order valence-electron chi connectivity index (χ4n) is 2.25. The van der Waals surface area contributed by atoms with Gasteiger partial charge < -0.3 is 4.57 Å². The summed E-state index contributed by atoms with van der Waals surface area (Å²) in [6.45, 7) is 11.3. The molecule has 1 unspecified atom stereocenters. The molecule has 1 rings (SSSR count). The van der Waals surface area contributed by atoms with Crippen LogP contribution in [0.1, 0.15) is 72.0 Å². The molecule has 0 aliphatic rings. The monoisotopic (exact) mass is 222 g/mol. The Labute approximate surface area is 100 Å². The highest BCUT2D eigenvalue weighted by atomic mass is 15.1. The van der Waals surface area contributed by atoms with Crippen molar-refractivity contribution in [2.45, 2.75) is 71.8 Å². The van der Waals surface area contributed by atoms with Gasteiger partial charge in [0, 0.05) is 17.7 Å². The Morgan fingerprint density at radius 2 is 2.00 bits per heavy atom. The molecule has 0 amide bonds. The van der Waals surface area contributed by atoms with Gasteiger partial charge in [0.15, 0.2) is 0 Å². The molecular formula is C14H26N2. The topological polar surface area (TPSA) is 17.8 Å². The first kappa shape index (κ1) is 13.3. The van der Waals surface area contributed by atoms with E-state index >= 15 is 0 Å². The standard InChI is InChI=1S/C14H26N2/c1-6-8-12(3)16-10-13(15-11-16)14(4,5)9-7-2/h10-12H,6-9H2,1-5H3. The van der Waals surface area contributed by atoms with E-state index in [1.54, 1.807) is 0 Å². The molecule has 0 spiro atoms. The summed E-state index contributed by atoms with van der Waals surface area (Å²) in [5, 5.41) is 0. The Balaban J connectivity index is 2.78. The van der Waals surface area contributed by atoms with Gasteiger partial charge in [0.25, 0.3) is 0 Å². The molecule has 0 N–H and O–H groups in total. The van der Waals surface area contributed by atoms with Crippen LogP contribution in [-0.2, 0) is 5.41 Å². The zero-order valence-electron chi connectivity index (χ0n) is 11.5. The number of rotatable bonds is 6. The van der Waals surface area contributed by atoms with Crippen LogP contribution in [0.15, 0.2) is 12.5 Å². The summed E-state index contributed by atoms with van der Waals surface area (Å²) in [5.41, 5.74) is 1.45. The molecule has 0 bridgehead atoms. The van der Waals surface area contributed by atoms with Crippen LogP contribution in [0.4, 0.5) is 0 Å². The highest BCUT2D eigenvalue weighted by Crippen LogP contribution is 2.27. The zero-order valence-corrected chi connectivity index (χ0v) is 11.5. The summed E-state index contributed by atoms with van der Waals surface area (Å²) in [4.78, 5) is 4.57. The Kier molecular flexibility index (Phi) is 4.57. The van der Waals surface area contributed by atoms with E-state index in [4.69, 9.17) is 0 Å². The van der Waals surface area contributed by atoms with E-state index in [1.165, 1.54) is 31.4 Å². The third-order valence-corrected chi connectivity index (χ3v) is 3.39. The normalized spacial score (nSPS) is 14.1. The average molecular weight is 222 g/mol. The Morgan fingerprint density at radius 1 is 1.31 bits per heavy atom. The SMILES string of the molecule is CCCC(C)n1cnc(C(C)(C)CCC)c1. The lowest BCUT2D eigenvalue weighted by Gasteiger charge is -2.21. The van der Waals surface area contributed by atoms with Crippen LogP contribution in [0.2, 0.25) is 0 Å². The first-order valence-corrected chi connectivity index (χ1v) is 6.55. The molecule has 0 saturated carbocycles. The number of aromatic nitrogens is 2. The molecule has 0 aromatic carbocycles. The minimum Gasteiger partial charge on any atom is -0.334 e. The summed E-state index contributed by atoms with van der Waals surface area (Å²) in [7, 11) is 0. The third-order valence-electron chi connectivity index (χ3n) is 3.39. The first-order chi connectivity index (χ1) is 7.51. The maximum absolute atomic E-state index is 4.57. The van der Waals surface area contributed by atoms with Crippen LogP contribution in [0.25, 0.3) is 0 Å². The molecule has 2 heteroatoms. The van der Waals surface area contributed by atoms with E-state index in [0.717, 1.165) is 0 Å². The van der Waals surface area contributed by atoms with Gasteiger partial charge in [-0.2, -0.15) is 0 Å². The molecule has 0 aliphatic carbocycles. The predicted molar refractivity (Wildman–Crippen MR) is 69.8 cm³/mol. The molecule has 92 valence electrons. The van der Waals surface area contributed by atoms with E-state index in [9.17, 15) is 0 Å². The van der Waals surface area contributed by atoms with Crippen molar-refractivity contribution < 1.29 is 0 Å². The van der Waals surface area contributed by atoms with Crippen LogP contribution in [0.3, 0.4) is 0 Å². The summed E-state index contributed by atoms with van der Waals surface area (Å²) in [6, 6.07) is 0.573. The van der Waals surface area contributed by atoms with Crippen LogP contribution in [-0.4, -0.2) is 9.55 Å². The molecule has 0 aliphatic heterocycles. The highest BCUT2D eigenvalue weighted by Gasteiger charge is 2.22. The lowest BCUT2D eigenvalue weighted by molar-refractivity contribution is 0.457. The van der Waals surface area contributed by atoms with E-state index in [1.807, 2.05) is 6.33 Å². The summed E-state index contributed by atoms with van der Waals surface area (Å²) >= 11 is 0. The van der Waals surface area contributed by atoms with Gasteiger partial charge in [-0.15, -0.1) is 0 Å². The van der Waals surface area contributed by atoms with Crippen molar-refractivity contribution in [3.8, 4) is 0 Å². The molecule has 2 nitrogen and oxygen atoms in total. The van der Waals surface area contributed by atoms with Crippen molar-refractivity contribution in [2.75, 3.05) is 0 Å². The Morgan fingerprint density at radius 3 is 2.56 bits per heavy atom. The molecule has 0 saturated heterocycles. The zero-order chi connectivity index (χ0) is 12.2. The molecule has 1 aromatic rings. The maximum Gasteiger partial charge on any atom is 0.0952 e. The van der Waals surface area contributed by atoms with Crippen molar-refractivity contribution in [3.63, 3.8) is 0 Å². The van der Waals surface area contributed by atoms with Crippen molar-refractivity contribution in [3.05, 3.63) is 18.2 Å². The molecule has 1 aromatic heterocycles. The van der Waals surface area contributed by atoms with E-state index in [-0.39, 0.29) is 5.41 Å². The Hall–Kier alpha value is -0.790. The van der Waals surface area contributed by atoms with Crippen molar-refractivity contribution in [1.82, 2.24) is 9.55 Å². The van der Waals surface area contributed by atoms with Crippen molar-refractivity contribution in [1.29, 1.82) is 0 Å². The second kappa shape index (κ2) is 5.51. The number of hydrogen-bond donors (Lipinski definition) is 0. The van der Waals surface area contributed by atoms with Gasteiger partial charge in [0.1, 0.15) is 0 Å². The number of imidazole rings is 1. The van der Waals surface area contributed by atoms with Gasteiger partial charge in [-0.05, 0) is 19.8 Å². The second-order valence-electron chi connectivity index (χ2n) is 5.48. The van der Waals surface area contributed by atoms with Crippen molar-refractivity contribution >= 4 is 0 Å². The minimum absolute atomic E-state index is 0.214. The molecule has 16 heavy (non-hydrogen) atoms. The second-order valence-corrected chi connectivity index (χ2v) is 5.48. The maximum atomic E-state index is 4.57. The van der Waals surface area contributed by atoms with E-state index in [0.29, 0.717) is 6.04 Å². The lowest BCUT2D eigenvalue weighted by atomic mass is 9.85. The molecule has 1 heterocycles. The quantitative estimate of drug-likeness (QED) is 0.701. The van der Waals surface area contributed by atoms with E-state index < -0.39 is 0 Å². The minimum atomic E-state index is 0.214. The first-order valence-electron chi connectivity index (χ1n) is 6.55.